The molecule has 0 spiro atoms. The summed E-state index contributed by atoms with van der Waals surface area (Å²) in [5, 5.41) is 0. The molecule has 1 aromatic heterocycles. The van der Waals surface area contributed by atoms with E-state index in [-0.39, 0.29) is 0 Å². The van der Waals surface area contributed by atoms with E-state index in [4.69, 9.17) is 4.74 Å². The van der Waals surface area contributed by atoms with Crippen molar-refractivity contribution in [1.29, 1.82) is 0 Å². The topological polar surface area (TPSA) is 22.1 Å². The van der Waals surface area contributed by atoms with Gasteiger partial charge in [-0.05, 0) is 67.0 Å². The van der Waals surface area contributed by atoms with Gasteiger partial charge in [0.1, 0.15) is 5.75 Å². The van der Waals surface area contributed by atoms with Crippen molar-refractivity contribution in [2.45, 2.75) is 71.6 Å². The molecule has 1 aliphatic carbocycles. The number of hydrogen-bond acceptors (Lipinski definition) is 2. The number of aryl methyl sites for hydroxylation is 1. The summed E-state index contributed by atoms with van der Waals surface area (Å²) < 4.78 is 6.08. The minimum Gasteiger partial charge on any atom is -0.493 e. The Hall–Kier alpha value is -1.83. The number of ether oxygens (including phenoxy) is 1. The highest BCUT2D eigenvalue weighted by molar-refractivity contribution is 5.60. The summed E-state index contributed by atoms with van der Waals surface area (Å²) in [6, 6.07) is 12.7. The fourth-order valence-corrected chi connectivity index (χ4v) is 4.15. The third-order valence-electron chi connectivity index (χ3n) is 5.93. The molecule has 0 unspecified atom stereocenters. The van der Waals surface area contributed by atoms with Crippen molar-refractivity contribution in [1.82, 2.24) is 4.98 Å². The Morgan fingerprint density at radius 2 is 1.63 bits per heavy atom. The first-order valence-electron chi connectivity index (χ1n) is 11.0. The van der Waals surface area contributed by atoms with Crippen molar-refractivity contribution >= 4 is 0 Å². The number of aromatic nitrogens is 1. The molecular weight excluding hydrogens is 330 g/mol. The highest BCUT2D eigenvalue weighted by Crippen LogP contribution is 2.32. The van der Waals surface area contributed by atoms with Crippen LogP contribution in [0.5, 0.6) is 5.75 Å². The molecular formula is C25H35NO. The van der Waals surface area contributed by atoms with Gasteiger partial charge in [0.25, 0.3) is 0 Å². The van der Waals surface area contributed by atoms with Gasteiger partial charge in [0.15, 0.2) is 0 Å². The molecule has 1 heterocycles. The minimum absolute atomic E-state index is 0.732. The first-order valence-corrected chi connectivity index (χ1v) is 11.0. The van der Waals surface area contributed by atoms with Gasteiger partial charge < -0.3 is 4.74 Å². The van der Waals surface area contributed by atoms with Crippen molar-refractivity contribution in [3.63, 3.8) is 0 Å². The number of benzene rings is 1. The Balaban J connectivity index is 1.45. The largest absolute Gasteiger partial charge is 0.493 e. The van der Waals surface area contributed by atoms with Crippen LogP contribution in [0.1, 0.15) is 70.8 Å². The lowest BCUT2D eigenvalue weighted by Gasteiger charge is -2.28. The molecule has 1 aliphatic rings. The molecule has 2 heteroatoms. The molecule has 1 saturated carbocycles. The Kier molecular flexibility index (Phi) is 7.74. The highest BCUT2D eigenvalue weighted by Gasteiger charge is 2.21. The molecule has 0 radical (unpaired) electrons. The van der Waals surface area contributed by atoms with Gasteiger partial charge in [-0.3, -0.25) is 4.98 Å². The fourth-order valence-electron chi connectivity index (χ4n) is 4.15. The van der Waals surface area contributed by atoms with Gasteiger partial charge in [0.05, 0.1) is 12.3 Å². The van der Waals surface area contributed by atoms with E-state index in [0.717, 1.165) is 48.3 Å². The van der Waals surface area contributed by atoms with E-state index in [2.05, 4.69) is 55.2 Å². The molecule has 146 valence electrons. The first-order chi connectivity index (χ1) is 13.3. The molecule has 1 aromatic carbocycles. The number of pyridine rings is 1. The SMILES string of the molecule is CCCC[C@H]1CC[C@H](COc2ccc(-c3ccc(CCC)cn3)cc2)CC1. The van der Waals surface area contributed by atoms with Crippen molar-refractivity contribution in [3.05, 3.63) is 48.2 Å². The van der Waals surface area contributed by atoms with Crippen LogP contribution in [0.25, 0.3) is 11.3 Å². The maximum atomic E-state index is 6.08. The molecule has 0 bridgehead atoms. The van der Waals surface area contributed by atoms with Gasteiger partial charge >= 0.3 is 0 Å². The summed E-state index contributed by atoms with van der Waals surface area (Å²) >= 11 is 0. The standard InChI is InChI=1S/C25H35NO/c1-3-5-7-20-8-10-22(11-9-20)19-27-24-15-13-23(14-16-24)25-17-12-21(6-4-2)18-26-25/h12-18,20,22H,3-11,19H2,1-2H3/t20-,22-. The van der Waals surface area contributed by atoms with Crippen LogP contribution < -0.4 is 4.74 Å². The maximum Gasteiger partial charge on any atom is 0.119 e. The van der Waals surface area contributed by atoms with Gasteiger partial charge in [-0.25, -0.2) is 0 Å². The lowest BCUT2D eigenvalue weighted by atomic mass is 9.80. The van der Waals surface area contributed by atoms with E-state index >= 15 is 0 Å². The Morgan fingerprint density at radius 3 is 2.26 bits per heavy atom. The summed E-state index contributed by atoms with van der Waals surface area (Å²) in [5.74, 6) is 2.68. The van der Waals surface area contributed by atoms with Crippen LogP contribution in [0.3, 0.4) is 0 Å². The molecule has 0 N–H and O–H groups in total. The van der Waals surface area contributed by atoms with Gasteiger partial charge in [0, 0.05) is 11.8 Å². The molecule has 2 aromatic rings. The zero-order valence-electron chi connectivity index (χ0n) is 17.1. The third kappa shape index (κ3) is 6.09. The van der Waals surface area contributed by atoms with E-state index in [9.17, 15) is 0 Å². The lowest BCUT2D eigenvalue weighted by molar-refractivity contribution is 0.178. The van der Waals surface area contributed by atoms with Crippen molar-refractivity contribution < 1.29 is 4.74 Å². The van der Waals surface area contributed by atoms with E-state index in [1.807, 2.05) is 6.20 Å². The van der Waals surface area contributed by atoms with E-state index in [0.29, 0.717) is 0 Å². The summed E-state index contributed by atoms with van der Waals surface area (Å²) in [7, 11) is 0. The monoisotopic (exact) mass is 365 g/mol. The molecule has 3 rings (SSSR count). The average Bonchev–Trinajstić information content (AvgIpc) is 2.73. The molecule has 0 saturated heterocycles. The Morgan fingerprint density at radius 1 is 0.889 bits per heavy atom. The zero-order valence-corrected chi connectivity index (χ0v) is 17.1. The van der Waals surface area contributed by atoms with Crippen LogP contribution in [-0.2, 0) is 6.42 Å². The predicted octanol–water partition coefficient (Wildman–Crippen LogP) is 7.08. The summed E-state index contributed by atoms with van der Waals surface area (Å²) in [5.41, 5.74) is 3.50. The molecule has 2 nitrogen and oxygen atoms in total. The summed E-state index contributed by atoms with van der Waals surface area (Å²) in [6.45, 7) is 5.36. The molecule has 1 fully saturated rings. The number of unbranched alkanes of at least 4 members (excludes halogenated alkanes) is 1. The average molecular weight is 366 g/mol. The van der Waals surface area contributed by atoms with Crippen LogP contribution in [0, 0.1) is 11.8 Å². The smallest absolute Gasteiger partial charge is 0.119 e. The molecule has 0 atom stereocenters. The van der Waals surface area contributed by atoms with Crippen molar-refractivity contribution in [3.8, 4) is 17.0 Å². The van der Waals surface area contributed by atoms with Gasteiger partial charge in [-0.1, -0.05) is 58.4 Å². The van der Waals surface area contributed by atoms with Crippen LogP contribution in [0.4, 0.5) is 0 Å². The van der Waals surface area contributed by atoms with Gasteiger partial charge in [0.2, 0.25) is 0 Å². The summed E-state index contributed by atoms with van der Waals surface area (Å²) in [4.78, 5) is 4.60. The van der Waals surface area contributed by atoms with E-state index < -0.39 is 0 Å². The third-order valence-corrected chi connectivity index (χ3v) is 5.93. The van der Waals surface area contributed by atoms with Crippen molar-refractivity contribution in [2.24, 2.45) is 11.8 Å². The van der Waals surface area contributed by atoms with Crippen molar-refractivity contribution in [2.75, 3.05) is 6.61 Å². The molecule has 0 aliphatic heterocycles. The summed E-state index contributed by atoms with van der Waals surface area (Å²) in [6.07, 6.45) is 13.9. The second-order valence-electron chi connectivity index (χ2n) is 8.17. The van der Waals surface area contributed by atoms with E-state index in [1.165, 1.54) is 50.5 Å². The number of hydrogen-bond donors (Lipinski definition) is 0. The number of nitrogens with zero attached hydrogens (tertiary/aromatic N) is 1. The van der Waals surface area contributed by atoms with Crippen LogP contribution in [0.15, 0.2) is 42.6 Å². The fraction of sp³-hybridized carbons (Fsp3) is 0.560. The maximum absolute atomic E-state index is 6.08. The molecule has 27 heavy (non-hydrogen) atoms. The molecule has 0 amide bonds. The Bertz CT molecular complexity index is 654. The second-order valence-corrected chi connectivity index (χ2v) is 8.17. The Labute approximate surface area is 165 Å². The van der Waals surface area contributed by atoms with Crippen LogP contribution in [-0.4, -0.2) is 11.6 Å². The van der Waals surface area contributed by atoms with Crippen LogP contribution >= 0.6 is 0 Å². The number of rotatable bonds is 9. The lowest BCUT2D eigenvalue weighted by Crippen LogP contribution is -2.20. The highest BCUT2D eigenvalue weighted by atomic mass is 16.5. The predicted molar refractivity (Wildman–Crippen MR) is 114 cm³/mol. The van der Waals surface area contributed by atoms with Gasteiger partial charge in [-0.15, -0.1) is 0 Å². The first kappa shape index (κ1) is 19.9. The minimum atomic E-state index is 0.732. The quantitative estimate of drug-likeness (QED) is 0.474. The van der Waals surface area contributed by atoms with E-state index in [1.54, 1.807) is 0 Å². The zero-order chi connectivity index (χ0) is 18.9. The normalized spacial score (nSPS) is 19.8. The van der Waals surface area contributed by atoms with Crippen LogP contribution in [0.2, 0.25) is 0 Å². The second kappa shape index (κ2) is 10.5. The van der Waals surface area contributed by atoms with Gasteiger partial charge in [-0.2, -0.15) is 0 Å².